The van der Waals surface area contributed by atoms with Gasteiger partial charge in [0.25, 0.3) is 0 Å². The van der Waals surface area contributed by atoms with Crippen molar-refractivity contribution in [3.8, 4) is 5.75 Å². The first-order valence-corrected chi connectivity index (χ1v) is 8.93. The summed E-state index contributed by atoms with van der Waals surface area (Å²) in [5.41, 5.74) is 3.03. The molecule has 0 N–H and O–H groups in total. The summed E-state index contributed by atoms with van der Waals surface area (Å²) >= 11 is 5.94. The summed E-state index contributed by atoms with van der Waals surface area (Å²) in [4.78, 5) is 14.4. The van der Waals surface area contributed by atoms with E-state index in [-0.39, 0.29) is 12.0 Å². The standard InChI is InChI=1S/C21H22ClNO3/c1-15-3-9-19(25-2)17(13-15)6-10-21(24)23-11-12-26-20(14-23)16-4-7-18(22)8-5-16/h3-10,13,20H,11-12,14H2,1-2H3/b10-6+. The molecule has 0 radical (unpaired) electrons. The number of methoxy groups -OCH3 is 1. The molecule has 2 aromatic carbocycles. The molecule has 3 rings (SSSR count). The molecule has 1 unspecified atom stereocenters. The van der Waals surface area contributed by atoms with E-state index in [2.05, 4.69) is 0 Å². The molecule has 136 valence electrons. The number of hydrogen-bond donors (Lipinski definition) is 0. The van der Waals surface area contributed by atoms with Crippen molar-refractivity contribution in [1.29, 1.82) is 0 Å². The molecule has 0 saturated carbocycles. The lowest BCUT2D eigenvalue weighted by Gasteiger charge is -2.32. The Morgan fingerprint density at radius 1 is 1.27 bits per heavy atom. The third-order valence-electron chi connectivity index (χ3n) is 4.41. The maximum Gasteiger partial charge on any atom is 0.246 e. The van der Waals surface area contributed by atoms with Crippen LogP contribution in [0.15, 0.2) is 48.5 Å². The van der Waals surface area contributed by atoms with Gasteiger partial charge in [0.15, 0.2) is 0 Å². The molecule has 0 aromatic heterocycles. The Labute approximate surface area is 159 Å². The summed E-state index contributed by atoms with van der Waals surface area (Å²) in [5, 5.41) is 0.688. The van der Waals surface area contributed by atoms with Gasteiger partial charge in [-0.2, -0.15) is 0 Å². The van der Waals surface area contributed by atoms with E-state index in [4.69, 9.17) is 21.1 Å². The molecule has 1 aliphatic rings. The number of halogens is 1. The average Bonchev–Trinajstić information content (AvgIpc) is 2.67. The van der Waals surface area contributed by atoms with E-state index >= 15 is 0 Å². The lowest BCUT2D eigenvalue weighted by atomic mass is 10.1. The lowest BCUT2D eigenvalue weighted by Crippen LogP contribution is -2.41. The van der Waals surface area contributed by atoms with Crippen LogP contribution in [0.3, 0.4) is 0 Å². The zero-order valence-corrected chi connectivity index (χ0v) is 15.7. The SMILES string of the molecule is COc1ccc(C)cc1/C=C/C(=O)N1CCOC(c2ccc(Cl)cc2)C1. The fourth-order valence-electron chi connectivity index (χ4n) is 2.98. The van der Waals surface area contributed by atoms with Crippen LogP contribution in [-0.4, -0.2) is 37.6 Å². The van der Waals surface area contributed by atoms with Gasteiger partial charge in [-0.1, -0.05) is 35.4 Å². The van der Waals surface area contributed by atoms with Gasteiger partial charge in [-0.15, -0.1) is 0 Å². The Bertz CT molecular complexity index is 801. The third-order valence-corrected chi connectivity index (χ3v) is 4.66. The molecular formula is C21H22ClNO3. The smallest absolute Gasteiger partial charge is 0.246 e. The molecule has 0 spiro atoms. The van der Waals surface area contributed by atoms with E-state index in [0.717, 1.165) is 22.4 Å². The summed E-state index contributed by atoms with van der Waals surface area (Å²) in [6.07, 6.45) is 3.27. The second kappa shape index (κ2) is 8.39. The zero-order chi connectivity index (χ0) is 18.5. The third kappa shape index (κ3) is 4.45. The van der Waals surface area contributed by atoms with Gasteiger partial charge in [0.05, 0.1) is 20.3 Å². The van der Waals surface area contributed by atoms with Crippen molar-refractivity contribution in [2.45, 2.75) is 13.0 Å². The van der Waals surface area contributed by atoms with Crippen molar-refractivity contribution in [2.24, 2.45) is 0 Å². The largest absolute Gasteiger partial charge is 0.496 e. The second-order valence-electron chi connectivity index (χ2n) is 6.27. The predicted molar refractivity (Wildman–Crippen MR) is 103 cm³/mol. The number of nitrogens with zero attached hydrogens (tertiary/aromatic N) is 1. The van der Waals surface area contributed by atoms with E-state index in [0.29, 0.717) is 24.7 Å². The quantitative estimate of drug-likeness (QED) is 0.753. The number of benzene rings is 2. The van der Waals surface area contributed by atoms with Gasteiger partial charge >= 0.3 is 0 Å². The van der Waals surface area contributed by atoms with Crippen molar-refractivity contribution < 1.29 is 14.3 Å². The van der Waals surface area contributed by atoms with Gasteiger partial charge in [-0.3, -0.25) is 4.79 Å². The topological polar surface area (TPSA) is 38.8 Å². The van der Waals surface area contributed by atoms with Crippen LogP contribution < -0.4 is 4.74 Å². The van der Waals surface area contributed by atoms with Crippen LogP contribution in [0.25, 0.3) is 6.08 Å². The monoisotopic (exact) mass is 371 g/mol. The fourth-order valence-corrected chi connectivity index (χ4v) is 3.11. The van der Waals surface area contributed by atoms with Crippen molar-refractivity contribution >= 4 is 23.6 Å². The molecule has 0 bridgehead atoms. The van der Waals surface area contributed by atoms with Crippen LogP contribution >= 0.6 is 11.6 Å². The first-order chi connectivity index (χ1) is 12.6. The maximum atomic E-state index is 12.6. The number of carbonyl (C=O) groups is 1. The van der Waals surface area contributed by atoms with Crippen LogP contribution in [0, 0.1) is 6.92 Å². The number of aryl methyl sites for hydroxylation is 1. The first kappa shape index (κ1) is 18.5. The van der Waals surface area contributed by atoms with Crippen LogP contribution in [-0.2, 0) is 9.53 Å². The van der Waals surface area contributed by atoms with E-state index in [9.17, 15) is 4.79 Å². The van der Waals surface area contributed by atoms with E-state index in [1.165, 1.54) is 0 Å². The molecule has 0 aliphatic carbocycles. The average molecular weight is 372 g/mol. The minimum absolute atomic E-state index is 0.0316. The van der Waals surface area contributed by atoms with Gasteiger partial charge in [-0.25, -0.2) is 0 Å². The van der Waals surface area contributed by atoms with E-state index in [1.807, 2.05) is 54.3 Å². The van der Waals surface area contributed by atoms with Gasteiger partial charge in [0, 0.05) is 23.2 Å². The Kier molecular flexibility index (Phi) is 5.96. The Morgan fingerprint density at radius 2 is 2.04 bits per heavy atom. The van der Waals surface area contributed by atoms with Crippen LogP contribution in [0.4, 0.5) is 0 Å². The number of rotatable bonds is 4. The molecule has 1 amide bonds. The maximum absolute atomic E-state index is 12.6. The number of carbonyl (C=O) groups excluding carboxylic acids is 1. The van der Waals surface area contributed by atoms with E-state index in [1.54, 1.807) is 19.3 Å². The van der Waals surface area contributed by atoms with Gasteiger partial charge in [-0.05, 0) is 42.8 Å². The summed E-state index contributed by atoms with van der Waals surface area (Å²) < 4.78 is 11.2. The molecule has 1 heterocycles. The molecule has 1 fully saturated rings. The minimum Gasteiger partial charge on any atom is -0.496 e. The second-order valence-corrected chi connectivity index (χ2v) is 6.71. The van der Waals surface area contributed by atoms with Gasteiger partial charge in [0.2, 0.25) is 5.91 Å². The molecule has 1 saturated heterocycles. The molecule has 1 atom stereocenters. The summed E-state index contributed by atoms with van der Waals surface area (Å²) in [5.74, 6) is 0.719. The van der Waals surface area contributed by atoms with Crippen LogP contribution in [0.1, 0.15) is 22.8 Å². The lowest BCUT2D eigenvalue weighted by molar-refractivity contribution is -0.133. The first-order valence-electron chi connectivity index (χ1n) is 8.55. The Hall–Kier alpha value is -2.30. The molecule has 4 nitrogen and oxygen atoms in total. The van der Waals surface area contributed by atoms with Gasteiger partial charge in [0.1, 0.15) is 11.9 Å². The highest BCUT2D eigenvalue weighted by Crippen LogP contribution is 2.25. The van der Waals surface area contributed by atoms with Crippen LogP contribution in [0.2, 0.25) is 5.02 Å². The Morgan fingerprint density at radius 3 is 2.77 bits per heavy atom. The number of hydrogen-bond acceptors (Lipinski definition) is 3. The van der Waals surface area contributed by atoms with Crippen molar-refractivity contribution in [2.75, 3.05) is 26.8 Å². The van der Waals surface area contributed by atoms with Crippen molar-refractivity contribution in [1.82, 2.24) is 4.90 Å². The highest BCUT2D eigenvalue weighted by atomic mass is 35.5. The molecule has 1 aliphatic heterocycles. The van der Waals surface area contributed by atoms with Crippen LogP contribution in [0.5, 0.6) is 5.75 Å². The highest BCUT2D eigenvalue weighted by Gasteiger charge is 2.24. The molecular weight excluding hydrogens is 350 g/mol. The predicted octanol–water partition coefficient (Wildman–Crippen LogP) is 4.27. The fraction of sp³-hybridized carbons (Fsp3) is 0.286. The number of ether oxygens (including phenoxy) is 2. The number of amides is 1. The molecule has 2 aromatic rings. The van der Waals surface area contributed by atoms with E-state index < -0.39 is 0 Å². The molecule has 26 heavy (non-hydrogen) atoms. The summed E-state index contributed by atoms with van der Waals surface area (Å²) in [7, 11) is 1.63. The minimum atomic E-state index is -0.133. The van der Waals surface area contributed by atoms with Crippen molar-refractivity contribution in [3.05, 3.63) is 70.3 Å². The van der Waals surface area contributed by atoms with Gasteiger partial charge < -0.3 is 14.4 Å². The summed E-state index contributed by atoms with van der Waals surface area (Å²) in [6.45, 7) is 3.63. The number of morpholine rings is 1. The highest BCUT2D eigenvalue weighted by molar-refractivity contribution is 6.30. The Balaban J connectivity index is 1.69. The van der Waals surface area contributed by atoms with Crippen molar-refractivity contribution in [3.63, 3.8) is 0 Å². The summed E-state index contributed by atoms with van der Waals surface area (Å²) in [6, 6.07) is 13.4. The normalized spacial score (nSPS) is 17.5. The zero-order valence-electron chi connectivity index (χ0n) is 14.9. The molecule has 5 heteroatoms.